The number of nitrogens with zero attached hydrogens (tertiary/aromatic N) is 2. The molecule has 2 N–H and O–H groups in total. The van der Waals surface area contributed by atoms with Gasteiger partial charge in [0.05, 0.1) is 21.2 Å². The van der Waals surface area contributed by atoms with Gasteiger partial charge in [-0.1, -0.05) is 83.1 Å². The SMILES string of the molecule is CN(C)c1cc(SC(C)(C)C)cc(SC(C)(C)C)c1O.CN(C)c1cc(SC(C)(C)C)cc(SC(C)(C)C)c1O.[Cl-].[Cl-].[Zr+2]. The fourth-order valence-corrected chi connectivity index (χ4v) is 7.81. The summed E-state index contributed by atoms with van der Waals surface area (Å²) >= 11 is 7.08. The predicted octanol–water partition coefficient (Wildman–Crippen LogP) is 4.48. The molecule has 246 valence electrons. The number of phenols is 2. The molecule has 0 aliphatic rings. The van der Waals surface area contributed by atoms with Gasteiger partial charge in [0.15, 0.2) is 11.5 Å². The van der Waals surface area contributed by atoms with Crippen molar-refractivity contribution in [3.8, 4) is 11.5 Å². The van der Waals surface area contributed by atoms with Crippen molar-refractivity contribution in [1.82, 2.24) is 0 Å². The van der Waals surface area contributed by atoms with Crippen LogP contribution < -0.4 is 34.6 Å². The molecule has 0 aliphatic heterocycles. The minimum Gasteiger partial charge on any atom is -1.00 e. The third kappa shape index (κ3) is 19.0. The summed E-state index contributed by atoms with van der Waals surface area (Å²) in [5, 5.41) is 20.9. The molecule has 2 aromatic carbocycles. The van der Waals surface area contributed by atoms with Crippen LogP contribution in [0.2, 0.25) is 0 Å². The number of hydrogen-bond acceptors (Lipinski definition) is 8. The Balaban J connectivity index is -0.000000696. The van der Waals surface area contributed by atoms with Crippen molar-refractivity contribution in [2.75, 3.05) is 38.0 Å². The van der Waals surface area contributed by atoms with E-state index < -0.39 is 0 Å². The molecule has 0 saturated carbocycles. The van der Waals surface area contributed by atoms with Gasteiger partial charge in [0, 0.05) is 57.0 Å². The van der Waals surface area contributed by atoms with Crippen LogP contribution in [-0.4, -0.2) is 57.4 Å². The molecular weight excluding hydrogens is 735 g/mol. The number of phenolic OH excluding ortho intramolecular Hbond substituents is 2. The van der Waals surface area contributed by atoms with Crippen molar-refractivity contribution in [3.63, 3.8) is 0 Å². The first-order valence-corrected chi connectivity index (χ1v) is 16.9. The molecule has 2 rings (SSSR count). The molecule has 0 heterocycles. The molecule has 11 heteroatoms. The van der Waals surface area contributed by atoms with Gasteiger partial charge in [-0.15, -0.1) is 47.0 Å². The topological polar surface area (TPSA) is 46.9 Å². The zero-order chi connectivity index (χ0) is 31.4. The summed E-state index contributed by atoms with van der Waals surface area (Å²) in [7, 11) is 7.86. The summed E-state index contributed by atoms with van der Waals surface area (Å²) in [4.78, 5) is 8.24. The molecule has 4 nitrogen and oxygen atoms in total. The minimum absolute atomic E-state index is 0. The first-order valence-electron chi connectivity index (χ1n) is 13.6. The number of rotatable bonds is 6. The summed E-state index contributed by atoms with van der Waals surface area (Å²) < 4.78 is 0.465. The second-order valence-electron chi connectivity index (χ2n) is 14.2. The Hall–Kier alpha value is 0.503. The summed E-state index contributed by atoms with van der Waals surface area (Å²) in [6.07, 6.45) is 0. The van der Waals surface area contributed by atoms with Gasteiger partial charge in [0.25, 0.3) is 0 Å². The first-order chi connectivity index (χ1) is 17.8. The maximum atomic E-state index is 10.5. The first kappa shape index (κ1) is 47.9. The van der Waals surface area contributed by atoms with E-state index in [9.17, 15) is 10.2 Å². The molecule has 0 saturated heterocycles. The molecule has 0 amide bonds. The second-order valence-corrected chi connectivity index (χ2v) is 21.8. The summed E-state index contributed by atoms with van der Waals surface area (Å²) in [5.41, 5.74) is 1.76. The molecular formula is C32H54Cl2N2O2S4Zr. The van der Waals surface area contributed by atoms with Crippen LogP contribution in [0.5, 0.6) is 11.5 Å². The molecule has 0 spiro atoms. The summed E-state index contributed by atoms with van der Waals surface area (Å²) in [6, 6.07) is 8.35. The van der Waals surface area contributed by atoms with Crippen molar-refractivity contribution in [1.29, 1.82) is 0 Å². The van der Waals surface area contributed by atoms with E-state index in [1.807, 2.05) is 61.5 Å². The van der Waals surface area contributed by atoms with Crippen LogP contribution in [0.3, 0.4) is 0 Å². The van der Waals surface area contributed by atoms with Gasteiger partial charge in [0.2, 0.25) is 0 Å². The van der Waals surface area contributed by atoms with Crippen LogP contribution >= 0.6 is 47.0 Å². The van der Waals surface area contributed by atoms with Gasteiger partial charge in [-0.25, -0.2) is 0 Å². The van der Waals surface area contributed by atoms with E-state index in [4.69, 9.17) is 0 Å². The number of thioether (sulfide) groups is 4. The van der Waals surface area contributed by atoms with Gasteiger partial charge < -0.3 is 44.8 Å². The zero-order valence-electron chi connectivity index (χ0n) is 29.0. The molecule has 0 bridgehead atoms. The van der Waals surface area contributed by atoms with Gasteiger partial charge in [-0.05, 0) is 24.3 Å². The van der Waals surface area contributed by atoms with E-state index in [0.29, 0.717) is 11.5 Å². The van der Waals surface area contributed by atoms with E-state index in [1.165, 1.54) is 9.79 Å². The van der Waals surface area contributed by atoms with Crippen LogP contribution in [0.4, 0.5) is 11.4 Å². The van der Waals surface area contributed by atoms with Crippen LogP contribution in [0.25, 0.3) is 0 Å². The Morgan fingerprint density at radius 1 is 0.465 bits per heavy atom. The Morgan fingerprint density at radius 3 is 0.884 bits per heavy atom. The number of halogens is 2. The van der Waals surface area contributed by atoms with Crippen molar-refractivity contribution < 1.29 is 61.2 Å². The predicted molar refractivity (Wildman–Crippen MR) is 187 cm³/mol. The maximum absolute atomic E-state index is 10.5. The van der Waals surface area contributed by atoms with Gasteiger partial charge in [-0.2, -0.15) is 0 Å². The molecule has 0 aromatic heterocycles. The Labute approximate surface area is 312 Å². The van der Waals surface area contributed by atoms with Gasteiger partial charge >= 0.3 is 26.2 Å². The van der Waals surface area contributed by atoms with Crippen LogP contribution in [-0.2, 0) is 26.2 Å². The monoisotopic (exact) mass is 786 g/mol. The minimum atomic E-state index is 0. The Kier molecular flexibility index (Phi) is 20.9. The third-order valence-electron chi connectivity index (χ3n) is 4.70. The van der Waals surface area contributed by atoms with E-state index in [1.54, 1.807) is 23.5 Å². The smallest absolute Gasteiger partial charge is 1.00 e. The van der Waals surface area contributed by atoms with E-state index >= 15 is 0 Å². The fourth-order valence-electron chi connectivity index (χ4n) is 3.46. The van der Waals surface area contributed by atoms with Crippen LogP contribution in [0.15, 0.2) is 43.8 Å². The van der Waals surface area contributed by atoms with E-state index in [0.717, 1.165) is 21.2 Å². The van der Waals surface area contributed by atoms with Crippen molar-refractivity contribution in [2.24, 2.45) is 0 Å². The molecule has 0 radical (unpaired) electrons. The largest absolute Gasteiger partial charge is 2.00 e. The van der Waals surface area contributed by atoms with Crippen molar-refractivity contribution >= 4 is 58.4 Å². The average molecular weight is 789 g/mol. The fraction of sp³-hybridized carbons (Fsp3) is 0.625. The molecule has 2 aromatic rings. The third-order valence-corrected chi connectivity index (χ3v) is 9.16. The molecule has 43 heavy (non-hydrogen) atoms. The number of anilines is 2. The van der Waals surface area contributed by atoms with Crippen LogP contribution in [0.1, 0.15) is 83.1 Å². The standard InChI is InChI=1S/2C16H27NOS2.2ClH.Zr/c2*1-15(2,3)19-11-9-12(17(7)8)14(18)13(10-11)20-16(4,5)6;;;/h2*9-10,18H,1-8H3;2*1H;/q;;;;+2/p-2. The molecule has 0 aliphatic carbocycles. The average Bonchev–Trinajstić information content (AvgIpc) is 2.68. The van der Waals surface area contributed by atoms with Gasteiger partial charge in [-0.3, -0.25) is 0 Å². The second kappa shape index (κ2) is 18.7. The van der Waals surface area contributed by atoms with Crippen LogP contribution in [0, 0.1) is 0 Å². The van der Waals surface area contributed by atoms with Crippen molar-refractivity contribution in [2.45, 2.75) is 122 Å². The number of benzene rings is 2. The summed E-state index contributed by atoms with van der Waals surface area (Å²) in [6.45, 7) is 26.2. The maximum Gasteiger partial charge on any atom is 2.00 e. The number of hydrogen-bond donors (Lipinski definition) is 2. The van der Waals surface area contributed by atoms with E-state index in [2.05, 4.69) is 107 Å². The normalized spacial score (nSPS) is 11.7. The molecule has 0 unspecified atom stereocenters. The quantitative estimate of drug-likeness (QED) is 0.416. The van der Waals surface area contributed by atoms with Crippen molar-refractivity contribution in [3.05, 3.63) is 24.3 Å². The van der Waals surface area contributed by atoms with Gasteiger partial charge in [0.1, 0.15) is 0 Å². The zero-order valence-corrected chi connectivity index (χ0v) is 36.2. The van der Waals surface area contributed by atoms with E-state index in [-0.39, 0.29) is 70.0 Å². The summed E-state index contributed by atoms with van der Waals surface area (Å²) in [5.74, 6) is 0.765. The Morgan fingerprint density at radius 2 is 0.698 bits per heavy atom. The Bertz CT molecular complexity index is 1050. The molecule has 0 atom stereocenters. The number of aromatic hydroxyl groups is 2. The molecule has 0 fully saturated rings.